The Hall–Kier alpha value is -0.910. The van der Waals surface area contributed by atoms with Crippen molar-refractivity contribution in [3.63, 3.8) is 0 Å². The zero-order valence-corrected chi connectivity index (χ0v) is 11.1. The zero-order chi connectivity index (χ0) is 12.9. The van der Waals surface area contributed by atoms with E-state index in [1.54, 1.807) is 32.0 Å². The summed E-state index contributed by atoms with van der Waals surface area (Å²) in [5, 5.41) is 8.78. The summed E-state index contributed by atoms with van der Waals surface area (Å²) in [5.41, 5.74) is 0.745. The summed E-state index contributed by atoms with van der Waals surface area (Å²) in [4.78, 5) is 0.347. The van der Waals surface area contributed by atoms with E-state index in [1.165, 1.54) is 4.31 Å². The molecule has 0 aromatic heterocycles. The van der Waals surface area contributed by atoms with E-state index in [2.05, 4.69) is 0 Å². The molecule has 0 saturated carbocycles. The van der Waals surface area contributed by atoms with Crippen LogP contribution in [0.2, 0.25) is 0 Å². The number of aliphatic hydroxyl groups excluding tert-OH is 1. The summed E-state index contributed by atoms with van der Waals surface area (Å²) >= 11 is 0. The van der Waals surface area contributed by atoms with E-state index >= 15 is 0 Å². The van der Waals surface area contributed by atoms with Crippen LogP contribution in [0, 0.1) is 6.92 Å². The lowest BCUT2D eigenvalue weighted by Crippen LogP contribution is -2.32. The molecular weight excluding hydrogens is 238 g/mol. The number of hydrogen-bond acceptors (Lipinski definition) is 3. The largest absolute Gasteiger partial charge is 0.396 e. The van der Waals surface area contributed by atoms with Gasteiger partial charge in [0.25, 0.3) is 0 Å². The van der Waals surface area contributed by atoms with Gasteiger partial charge < -0.3 is 5.11 Å². The highest BCUT2D eigenvalue weighted by Gasteiger charge is 2.23. The van der Waals surface area contributed by atoms with E-state index in [0.29, 0.717) is 24.4 Å². The third-order valence-electron chi connectivity index (χ3n) is 2.63. The number of rotatable bonds is 6. The summed E-state index contributed by atoms with van der Waals surface area (Å²) < 4.78 is 26.1. The summed E-state index contributed by atoms with van der Waals surface area (Å²) in [6, 6.07) is 6.94. The summed E-state index contributed by atoms with van der Waals surface area (Å²) in [6.45, 7) is 4.35. The Morgan fingerprint density at radius 1 is 1.29 bits per heavy atom. The molecule has 0 fully saturated rings. The number of aryl methyl sites for hydroxylation is 1. The van der Waals surface area contributed by atoms with Gasteiger partial charge in [0.1, 0.15) is 0 Å². The first-order valence-electron chi connectivity index (χ1n) is 5.70. The molecule has 0 heterocycles. The van der Waals surface area contributed by atoms with Gasteiger partial charge in [-0.05, 0) is 25.0 Å². The smallest absolute Gasteiger partial charge is 0.243 e. The van der Waals surface area contributed by atoms with Crippen LogP contribution < -0.4 is 0 Å². The molecule has 0 unspecified atom stereocenters. The summed E-state index contributed by atoms with van der Waals surface area (Å²) in [6.07, 6.45) is 0.457. The first-order chi connectivity index (χ1) is 8.04. The zero-order valence-electron chi connectivity index (χ0n) is 10.3. The third-order valence-corrected chi connectivity index (χ3v) is 4.76. The van der Waals surface area contributed by atoms with Crippen molar-refractivity contribution in [2.75, 3.05) is 19.7 Å². The molecule has 96 valence electrons. The molecule has 0 aliphatic carbocycles. The fourth-order valence-electron chi connectivity index (χ4n) is 1.68. The lowest BCUT2D eigenvalue weighted by molar-refractivity contribution is 0.271. The Kier molecular flexibility index (Phi) is 5.11. The molecular formula is C12H19NO3S. The number of nitrogens with zero attached hydrogens (tertiary/aromatic N) is 1. The standard InChI is InChI=1S/C12H19NO3S/c1-3-13(9-6-10-14)17(15,16)12-8-5-4-7-11(12)2/h4-5,7-8,14H,3,6,9-10H2,1-2H3. The van der Waals surface area contributed by atoms with E-state index < -0.39 is 10.0 Å². The van der Waals surface area contributed by atoms with Crippen molar-refractivity contribution in [3.05, 3.63) is 29.8 Å². The average Bonchev–Trinajstić information content (AvgIpc) is 2.30. The molecule has 0 atom stereocenters. The molecule has 0 aliphatic heterocycles. The van der Waals surface area contributed by atoms with Gasteiger partial charge in [0, 0.05) is 19.7 Å². The molecule has 0 aliphatic rings. The number of sulfonamides is 1. The number of hydrogen-bond donors (Lipinski definition) is 1. The van der Waals surface area contributed by atoms with Gasteiger partial charge in [0.15, 0.2) is 0 Å². The molecule has 1 rings (SSSR count). The van der Waals surface area contributed by atoms with Crippen molar-refractivity contribution in [3.8, 4) is 0 Å². The van der Waals surface area contributed by atoms with Crippen molar-refractivity contribution < 1.29 is 13.5 Å². The van der Waals surface area contributed by atoms with Gasteiger partial charge in [-0.2, -0.15) is 4.31 Å². The lowest BCUT2D eigenvalue weighted by Gasteiger charge is -2.21. The SMILES string of the molecule is CCN(CCCO)S(=O)(=O)c1ccccc1C. The first kappa shape index (κ1) is 14.2. The molecule has 5 heteroatoms. The van der Waals surface area contributed by atoms with E-state index in [1.807, 2.05) is 6.07 Å². The monoisotopic (exact) mass is 257 g/mol. The molecule has 1 aromatic carbocycles. The third kappa shape index (κ3) is 3.28. The van der Waals surface area contributed by atoms with Gasteiger partial charge in [-0.1, -0.05) is 25.1 Å². The maximum absolute atomic E-state index is 12.3. The van der Waals surface area contributed by atoms with Gasteiger partial charge in [-0.3, -0.25) is 0 Å². The quantitative estimate of drug-likeness (QED) is 0.838. The van der Waals surface area contributed by atoms with Crippen LogP contribution in [0.5, 0.6) is 0 Å². The minimum absolute atomic E-state index is 0.000207. The number of benzene rings is 1. The fraction of sp³-hybridized carbons (Fsp3) is 0.500. The van der Waals surface area contributed by atoms with Crippen LogP contribution in [0.3, 0.4) is 0 Å². The van der Waals surface area contributed by atoms with Crippen molar-refractivity contribution in [2.24, 2.45) is 0 Å². The predicted molar refractivity (Wildman–Crippen MR) is 67.3 cm³/mol. The summed E-state index contributed by atoms with van der Waals surface area (Å²) in [5.74, 6) is 0. The summed E-state index contributed by atoms with van der Waals surface area (Å²) in [7, 11) is -3.43. The maximum atomic E-state index is 12.3. The maximum Gasteiger partial charge on any atom is 0.243 e. The van der Waals surface area contributed by atoms with Crippen LogP contribution in [-0.2, 0) is 10.0 Å². The Morgan fingerprint density at radius 3 is 2.47 bits per heavy atom. The van der Waals surface area contributed by atoms with Crippen molar-refractivity contribution in [2.45, 2.75) is 25.2 Å². The lowest BCUT2D eigenvalue weighted by atomic mass is 10.2. The topological polar surface area (TPSA) is 57.6 Å². The highest BCUT2D eigenvalue weighted by atomic mass is 32.2. The second-order valence-corrected chi connectivity index (χ2v) is 5.75. The molecule has 0 bridgehead atoms. The van der Waals surface area contributed by atoms with Crippen molar-refractivity contribution >= 4 is 10.0 Å². The molecule has 1 aromatic rings. The Bertz CT molecular complexity index is 457. The van der Waals surface area contributed by atoms with Crippen LogP contribution in [0.25, 0.3) is 0 Å². The van der Waals surface area contributed by atoms with Gasteiger partial charge in [0.05, 0.1) is 4.90 Å². The van der Waals surface area contributed by atoms with Crippen LogP contribution in [0.15, 0.2) is 29.2 Å². The molecule has 0 radical (unpaired) electrons. The minimum atomic E-state index is -3.43. The Morgan fingerprint density at radius 2 is 1.94 bits per heavy atom. The predicted octanol–water partition coefficient (Wildman–Crippen LogP) is 1.39. The van der Waals surface area contributed by atoms with Gasteiger partial charge in [0.2, 0.25) is 10.0 Å². The van der Waals surface area contributed by atoms with E-state index in [0.717, 1.165) is 5.56 Å². The van der Waals surface area contributed by atoms with Gasteiger partial charge in [-0.15, -0.1) is 0 Å². The molecule has 4 nitrogen and oxygen atoms in total. The average molecular weight is 257 g/mol. The fourth-order valence-corrected chi connectivity index (χ4v) is 3.39. The minimum Gasteiger partial charge on any atom is -0.396 e. The molecule has 1 N–H and O–H groups in total. The Balaban J connectivity index is 3.05. The molecule has 17 heavy (non-hydrogen) atoms. The van der Waals surface area contributed by atoms with Crippen molar-refractivity contribution in [1.82, 2.24) is 4.31 Å². The molecule has 0 amide bonds. The van der Waals surface area contributed by atoms with Crippen LogP contribution in [0.1, 0.15) is 18.9 Å². The second kappa shape index (κ2) is 6.14. The van der Waals surface area contributed by atoms with Crippen LogP contribution in [0.4, 0.5) is 0 Å². The molecule has 0 spiro atoms. The second-order valence-electron chi connectivity index (χ2n) is 3.84. The van der Waals surface area contributed by atoms with Gasteiger partial charge >= 0.3 is 0 Å². The number of aliphatic hydroxyl groups is 1. The highest BCUT2D eigenvalue weighted by molar-refractivity contribution is 7.89. The van der Waals surface area contributed by atoms with E-state index in [9.17, 15) is 8.42 Å². The van der Waals surface area contributed by atoms with E-state index in [-0.39, 0.29) is 6.61 Å². The molecule has 0 saturated heterocycles. The van der Waals surface area contributed by atoms with E-state index in [4.69, 9.17) is 5.11 Å². The normalized spacial score (nSPS) is 12.0. The first-order valence-corrected chi connectivity index (χ1v) is 7.14. The van der Waals surface area contributed by atoms with Crippen molar-refractivity contribution in [1.29, 1.82) is 0 Å². The van der Waals surface area contributed by atoms with Crippen LogP contribution in [-0.4, -0.2) is 37.5 Å². The highest BCUT2D eigenvalue weighted by Crippen LogP contribution is 2.19. The van der Waals surface area contributed by atoms with Crippen LogP contribution >= 0.6 is 0 Å². The Labute approximate surface area is 103 Å². The van der Waals surface area contributed by atoms with Gasteiger partial charge in [-0.25, -0.2) is 8.42 Å².